The van der Waals surface area contributed by atoms with Gasteiger partial charge in [-0.1, -0.05) is 0 Å². The molecular formula is C10H15N3OS. The van der Waals surface area contributed by atoms with Crippen LogP contribution in [0.5, 0.6) is 0 Å². The molecule has 0 radical (unpaired) electrons. The Labute approximate surface area is 94.2 Å². The molecule has 0 aromatic carbocycles. The van der Waals surface area contributed by atoms with Crippen molar-refractivity contribution >= 4 is 17.5 Å². The number of hydrogen-bond donors (Lipinski definition) is 0. The Kier molecular flexibility index (Phi) is 4.00. The summed E-state index contributed by atoms with van der Waals surface area (Å²) >= 11 is 1.58. The van der Waals surface area contributed by atoms with Crippen LogP contribution in [0.4, 0.5) is 0 Å². The number of allylic oxidation sites excluding steroid dienone is 2. The van der Waals surface area contributed by atoms with Gasteiger partial charge in [0.2, 0.25) is 0 Å². The lowest BCUT2D eigenvalue weighted by Gasteiger charge is -2.23. The first-order valence-electron chi connectivity index (χ1n) is 4.54. The van der Waals surface area contributed by atoms with E-state index in [1.165, 1.54) is 0 Å². The third kappa shape index (κ3) is 2.25. The van der Waals surface area contributed by atoms with E-state index in [0.717, 1.165) is 11.5 Å². The second-order valence-electron chi connectivity index (χ2n) is 3.32. The van der Waals surface area contributed by atoms with Crippen molar-refractivity contribution in [2.24, 2.45) is 0 Å². The number of methoxy groups -OCH3 is 1. The summed E-state index contributed by atoms with van der Waals surface area (Å²) in [6.45, 7) is 0. The predicted molar refractivity (Wildman–Crippen MR) is 62.8 cm³/mol. The smallest absolute Gasteiger partial charge is 0.312 e. The normalized spacial score (nSPS) is 20.3. The molecule has 1 rings (SSSR count). The standard InChI is InChI=1S/C10H15N3OS/c1-13(2)8-6-5-7(12-11)10(15-4)9(8)14-3/h5-6,10H,1-4H3. The highest BCUT2D eigenvalue weighted by molar-refractivity contribution is 8.00. The SMILES string of the molecule is COC1=C(N(C)C)C=CC(=[N+]=[N-])C1SC. The van der Waals surface area contributed by atoms with E-state index < -0.39 is 0 Å². The molecule has 0 N–H and O–H groups in total. The molecule has 1 aliphatic carbocycles. The van der Waals surface area contributed by atoms with Gasteiger partial charge in [0.25, 0.3) is 0 Å². The molecule has 4 nitrogen and oxygen atoms in total. The molecule has 5 heteroatoms. The maximum atomic E-state index is 8.86. The molecule has 0 aromatic heterocycles. The molecule has 0 heterocycles. The van der Waals surface area contributed by atoms with Crippen LogP contribution in [0.1, 0.15) is 0 Å². The van der Waals surface area contributed by atoms with Crippen molar-refractivity contribution in [1.82, 2.24) is 4.90 Å². The summed E-state index contributed by atoms with van der Waals surface area (Å²) in [5.41, 5.74) is 10.5. The van der Waals surface area contributed by atoms with Gasteiger partial charge in [0.15, 0.2) is 5.25 Å². The second kappa shape index (κ2) is 5.05. The fourth-order valence-corrected chi connectivity index (χ4v) is 2.30. The van der Waals surface area contributed by atoms with E-state index in [4.69, 9.17) is 10.3 Å². The summed E-state index contributed by atoms with van der Waals surface area (Å²) in [6.07, 6.45) is 5.65. The van der Waals surface area contributed by atoms with Gasteiger partial charge in [-0.05, 0) is 12.3 Å². The third-order valence-electron chi connectivity index (χ3n) is 2.22. The molecule has 0 saturated carbocycles. The quantitative estimate of drug-likeness (QED) is 0.538. The average molecular weight is 225 g/mol. The first kappa shape index (κ1) is 11.9. The van der Waals surface area contributed by atoms with Crippen LogP contribution in [0.25, 0.3) is 5.53 Å². The minimum Gasteiger partial charge on any atom is -0.497 e. The summed E-state index contributed by atoms with van der Waals surface area (Å²) in [5.74, 6) is 0.822. The molecular weight excluding hydrogens is 210 g/mol. The van der Waals surface area contributed by atoms with E-state index >= 15 is 0 Å². The first-order chi connectivity index (χ1) is 7.15. The highest BCUT2D eigenvalue weighted by Gasteiger charge is 2.31. The minimum absolute atomic E-state index is 0.0394. The lowest BCUT2D eigenvalue weighted by atomic mass is 10.1. The topological polar surface area (TPSA) is 48.9 Å². The summed E-state index contributed by atoms with van der Waals surface area (Å²) in [5, 5.41) is -0.0394. The Balaban J connectivity index is 3.21. The maximum Gasteiger partial charge on any atom is 0.312 e. The van der Waals surface area contributed by atoms with Crippen LogP contribution in [0.15, 0.2) is 23.6 Å². The molecule has 1 atom stereocenters. The van der Waals surface area contributed by atoms with Crippen molar-refractivity contribution < 1.29 is 9.53 Å². The highest BCUT2D eigenvalue weighted by atomic mass is 32.2. The zero-order chi connectivity index (χ0) is 11.4. The van der Waals surface area contributed by atoms with Crippen molar-refractivity contribution in [1.29, 1.82) is 0 Å². The average Bonchev–Trinajstić information content (AvgIpc) is 2.26. The van der Waals surface area contributed by atoms with Crippen LogP contribution in [-0.4, -0.2) is 48.1 Å². The van der Waals surface area contributed by atoms with E-state index in [-0.39, 0.29) is 5.25 Å². The van der Waals surface area contributed by atoms with Gasteiger partial charge in [-0.15, -0.1) is 11.8 Å². The highest BCUT2D eigenvalue weighted by Crippen LogP contribution is 2.27. The molecule has 0 aliphatic heterocycles. The molecule has 15 heavy (non-hydrogen) atoms. The summed E-state index contributed by atoms with van der Waals surface area (Å²) in [4.78, 5) is 5.25. The Hall–Kier alpha value is -1.19. The van der Waals surface area contributed by atoms with Crippen molar-refractivity contribution in [3.8, 4) is 0 Å². The molecule has 0 bridgehead atoms. The number of ether oxygens (including phenoxy) is 1. The van der Waals surface area contributed by atoms with Crippen LogP contribution in [-0.2, 0) is 4.74 Å². The molecule has 1 aliphatic rings. The number of rotatable bonds is 3. The van der Waals surface area contributed by atoms with Gasteiger partial charge in [0.1, 0.15) is 5.76 Å². The Morgan fingerprint density at radius 2 is 2.13 bits per heavy atom. The molecule has 82 valence electrons. The Bertz CT molecular complexity index is 354. The van der Waals surface area contributed by atoms with E-state index in [9.17, 15) is 0 Å². The molecule has 0 saturated heterocycles. The zero-order valence-corrected chi connectivity index (χ0v) is 10.2. The van der Waals surface area contributed by atoms with Crippen LogP contribution in [0, 0.1) is 0 Å². The van der Waals surface area contributed by atoms with Crippen molar-refractivity contribution in [2.75, 3.05) is 27.5 Å². The molecule has 0 fully saturated rings. The van der Waals surface area contributed by atoms with Crippen LogP contribution in [0.3, 0.4) is 0 Å². The van der Waals surface area contributed by atoms with Crippen molar-refractivity contribution in [3.63, 3.8) is 0 Å². The van der Waals surface area contributed by atoms with Crippen molar-refractivity contribution in [2.45, 2.75) is 5.25 Å². The lowest BCUT2D eigenvalue weighted by Crippen LogP contribution is -2.28. The van der Waals surface area contributed by atoms with Gasteiger partial charge < -0.3 is 15.2 Å². The number of hydrogen-bond acceptors (Lipinski definition) is 3. The van der Waals surface area contributed by atoms with Gasteiger partial charge in [-0.2, -0.15) is 4.79 Å². The van der Waals surface area contributed by atoms with Crippen LogP contribution >= 0.6 is 11.8 Å². The number of nitrogens with zero attached hydrogens (tertiary/aromatic N) is 3. The van der Waals surface area contributed by atoms with E-state index in [1.54, 1.807) is 24.9 Å². The lowest BCUT2D eigenvalue weighted by molar-refractivity contribution is -0.00622. The van der Waals surface area contributed by atoms with E-state index in [0.29, 0.717) is 5.71 Å². The molecule has 0 aromatic rings. The van der Waals surface area contributed by atoms with E-state index in [1.807, 2.05) is 31.3 Å². The fraction of sp³-hybridized carbons (Fsp3) is 0.500. The maximum absolute atomic E-state index is 8.86. The predicted octanol–water partition coefficient (Wildman–Crippen LogP) is 1.38. The van der Waals surface area contributed by atoms with Crippen LogP contribution < -0.4 is 0 Å². The molecule has 0 amide bonds. The largest absolute Gasteiger partial charge is 0.497 e. The zero-order valence-electron chi connectivity index (χ0n) is 9.39. The minimum atomic E-state index is -0.0394. The van der Waals surface area contributed by atoms with Crippen LogP contribution in [0.2, 0.25) is 0 Å². The molecule has 0 spiro atoms. The van der Waals surface area contributed by atoms with Gasteiger partial charge in [0, 0.05) is 20.2 Å². The van der Waals surface area contributed by atoms with Gasteiger partial charge >= 0.3 is 5.71 Å². The first-order valence-corrected chi connectivity index (χ1v) is 5.82. The van der Waals surface area contributed by atoms with Crippen molar-refractivity contribution in [3.05, 3.63) is 29.1 Å². The molecule has 1 unspecified atom stereocenters. The monoisotopic (exact) mass is 225 g/mol. The summed E-state index contributed by atoms with van der Waals surface area (Å²) in [7, 11) is 5.55. The summed E-state index contributed by atoms with van der Waals surface area (Å²) < 4.78 is 5.37. The van der Waals surface area contributed by atoms with Gasteiger partial charge in [-0.3, -0.25) is 0 Å². The second-order valence-corrected chi connectivity index (χ2v) is 4.26. The van der Waals surface area contributed by atoms with Gasteiger partial charge in [-0.25, -0.2) is 0 Å². The van der Waals surface area contributed by atoms with E-state index in [2.05, 4.69) is 4.79 Å². The Morgan fingerprint density at radius 1 is 1.47 bits per heavy atom. The Morgan fingerprint density at radius 3 is 2.53 bits per heavy atom. The number of likely N-dealkylation sites (N-methyl/N-ethyl adjacent to an activating group) is 1. The summed E-state index contributed by atoms with van der Waals surface area (Å²) in [6, 6.07) is 0. The third-order valence-corrected chi connectivity index (χ3v) is 3.15. The van der Waals surface area contributed by atoms with Gasteiger partial charge in [0.05, 0.1) is 12.8 Å². The number of thioether (sulfide) groups is 1. The fourth-order valence-electron chi connectivity index (χ4n) is 1.50.